The molecule has 0 saturated heterocycles. The van der Waals surface area contributed by atoms with Crippen molar-refractivity contribution in [2.75, 3.05) is 0 Å². The molecule has 6 nitrogen and oxygen atoms in total. The molecule has 0 heterocycles. The molecule has 166 valence electrons. The Hall–Kier alpha value is -3.29. The van der Waals surface area contributed by atoms with Crippen molar-refractivity contribution in [2.24, 2.45) is 0 Å². The maximum atomic E-state index is 14.7. The Kier molecular flexibility index (Phi) is 7.85. The lowest BCUT2D eigenvalue weighted by Gasteiger charge is -2.25. The second-order valence-corrected chi connectivity index (χ2v) is 8.00. The van der Waals surface area contributed by atoms with Crippen molar-refractivity contribution in [1.29, 1.82) is 0 Å². The van der Waals surface area contributed by atoms with Crippen LogP contribution in [0.1, 0.15) is 31.9 Å². The molecule has 2 aromatic carbocycles. The van der Waals surface area contributed by atoms with E-state index in [-0.39, 0.29) is 13.0 Å². The van der Waals surface area contributed by atoms with Crippen LogP contribution in [0, 0.1) is 0 Å². The van der Waals surface area contributed by atoms with Gasteiger partial charge in [0.25, 0.3) is 5.91 Å². The third kappa shape index (κ3) is 7.47. The number of nitrogens with one attached hydrogen (secondary N) is 2. The molecule has 8 heteroatoms. The van der Waals surface area contributed by atoms with Gasteiger partial charge in [0.15, 0.2) is 0 Å². The number of rotatable bonds is 8. The lowest BCUT2D eigenvalue weighted by molar-refractivity contribution is -0.159. The minimum Gasteiger partial charge on any atom is -0.444 e. The van der Waals surface area contributed by atoms with Crippen LogP contribution in [-0.2, 0) is 27.3 Å². The lowest BCUT2D eigenvalue weighted by Crippen LogP contribution is -2.55. The number of alkyl halides is 2. The number of carbonyl (C=O) groups excluding carboxylic acids is 3. The molecule has 2 aromatic rings. The molecule has 0 bridgehead atoms. The smallest absolute Gasteiger partial charge is 0.408 e. The standard InChI is InChI=1S/C23H26F2N2O4/c1-22(2,3)31-21(30)27-18(14-16-10-6-4-7-11-16)19(28)23(24,25)20(29)26-15-17-12-8-5-9-13-17/h4-13,18H,14-15H2,1-3H3,(H,26,29)(H,27,30). The van der Waals surface area contributed by atoms with Gasteiger partial charge in [0.1, 0.15) is 11.6 Å². The predicted octanol–water partition coefficient (Wildman–Crippen LogP) is 3.64. The molecule has 1 atom stereocenters. The molecule has 0 aliphatic carbocycles. The molecule has 31 heavy (non-hydrogen) atoms. The summed E-state index contributed by atoms with van der Waals surface area (Å²) >= 11 is 0. The summed E-state index contributed by atoms with van der Waals surface area (Å²) in [6.45, 7) is 4.65. The van der Waals surface area contributed by atoms with Crippen molar-refractivity contribution in [2.45, 2.75) is 51.3 Å². The molecule has 0 aromatic heterocycles. The Morgan fingerprint density at radius 1 is 0.903 bits per heavy atom. The van der Waals surface area contributed by atoms with E-state index >= 15 is 0 Å². The highest BCUT2D eigenvalue weighted by atomic mass is 19.3. The number of Topliss-reactive ketones (excluding diaryl/α,β-unsaturated/α-hetero) is 1. The fourth-order valence-corrected chi connectivity index (χ4v) is 2.73. The first kappa shape index (κ1) is 24.0. The van der Waals surface area contributed by atoms with E-state index < -0.39 is 35.3 Å². The fourth-order valence-electron chi connectivity index (χ4n) is 2.73. The molecule has 2 rings (SSSR count). The van der Waals surface area contributed by atoms with E-state index in [2.05, 4.69) is 10.6 Å². The Labute approximate surface area is 180 Å². The van der Waals surface area contributed by atoms with Crippen LogP contribution >= 0.6 is 0 Å². The molecule has 2 N–H and O–H groups in total. The molecule has 2 amide bonds. The Bertz CT molecular complexity index is 897. The van der Waals surface area contributed by atoms with Gasteiger partial charge >= 0.3 is 12.0 Å². The maximum Gasteiger partial charge on any atom is 0.408 e. The van der Waals surface area contributed by atoms with E-state index in [0.29, 0.717) is 11.1 Å². The number of hydrogen-bond donors (Lipinski definition) is 2. The largest absolute Gasteiger partial charge is 0.444 e. The maximum absolute atomic E-state index is 14.7. The van der Waals surface area contributed by atoms with E-state index in [1.54, 1.807) is 81.4 Å². The van der Waals surface area contributed by atoms with Crippen LogP contribution in [0.25, 0.3) is 0 Å². The third-order valence-electron chi connectivity index (χ3n) is 4.18. The lowest BCUT2D eigenvalue weighted by atomic mass is 9.98. The summed E-state index contributed by atoms with van der Waals surface area (Å²) in [5.74, 6) is -7.79. The Morgan fingerprint density at radius 3 is 1.94 bits per heavy atom. The highest BCUT2D eigenvalue weighted by Gasteiger charge is 2.50. The molecule has 0 aliphatic heterocycles. The Balaban J connectivity index is 2.16. The van der Waals surface area contributed by atoms with Crippen molar-refractivity contribution in [3.8, 4) is 0 Å². The fraction of sp³-hybridized carbons (Fsp3) is 0.348. The summed E-state index contributed by atoms with van der Waals surface area (Å²) < 4.78 is 34.5. The van der Waals surface area contributed by atoms with Gasteiger partial charge in [-0.15, -0.1) is 0 Å². The zero-order chi connectivity index (χ0) is 23.1. The van der Waals surface area contributed by atoms with Gasteiger partial charge in [-0.2, -0.15) is 8.78 Å². The van der Waals surface area contributed by atoms with Crippen LogP contribution in [-0.4, -0.2) is 35.3 Å². The second kappa shape index (κ2) is 10.1. The van der Waals surface area contributed by atoms with E-state index in [0.717, 1.165) is 0 Å². The van der Waals surface area contributed by atoms with Gasteiger partial charge in [0.05, 0.1) is 0 Å². The van der Waals surface area contributed by atoms with E-state index in [1.807, 2.05) is 0 Å². The molecule has 0 aliphatic rings. The first-order valence-electron chi connectivity index (χ1n) is 9.77. The summed E-state index contributed by atoms with van der Waals surface area (Å²) in [6, 6.07) is 15.1. The molecular formula is C23H26F2N2O4. The van der Waals surface area contributed by atoms with E-state index in [9.17, 15) is 23.2 Å². The summed E-state index contributed by atoms with van der Waals surface area (Å²) in [5, 5.41) is 4.26. The number of carbonyl (C=O) groups is 3. The Morgan fingerprint density at radius 2 is 1.42 bits per heavy atom. The van der Waals surface area contributed by atoms with Gasteiger partial charge < -0.3 is 15.4 Å². The summed E-state index contributed by atoms with van der Waals surface area (Å²) in [5.41, 5.74) is 0.254. The minimum absolute atomic E-state index is 0.161. The van der Waals surface area contributed by atoms with Crippen LogP contribution in [0.3, 0.4) is 0 Å². The van der Waals surface area contributed by atoms with Crippen molar-refractivity contribution < 1.29 is 27.9 Å². The molecule has 0 fully saturated rings. The molecule has 0 spiro atoms. The molecule has 0 radical (unpaired) electrons. The highest BCUT2D eigenvalue weighted by Crippen LogP contribution is 2.20. The average molecular weight is 432 g/mol. The third-order valence-corrected chi connectivity index (χ3v) is 4.18. The number of halogens is 2. The van der Waals surface area contributed by atoms with Gasteiger partial charge in [0, 0.05) is 13.0 Å². The summed E-state index contributed by atoms with van der Waals surface area (Å²) in [6.07, 6.45) is -1.25. The number of ketones is 1. The number of amides is 2. The van der Waals surface area contributed by atoms with Crippen molar-refractivity contribution >= 4 is 17.8 Å². The molecule has 0 saturated carbocycles. The van der Waals surface area contributed by atoms with Gasteiger partial charge in [-0.3, -0.25) is 9.59 Å². The van der Waals surface area contributed by atoms with Gasteiger partial charge in [0.2, 0.25) is 5.78 Å². The van der Waals surface area contributed by atoms with Crippen LogP contribution in [0.15, 0.2) is 60.7 Å². The number of ether oxygens (including phenoxy) is 1. The number of alkyl carbamates (subject to hydrolysis) is 1. The van der Waals surface area contributed by atoms with Crippen molar-refractivity contribution in [1.82, 2.24) is 10.6 Å². The SMILES string of the molecule is CC(C)(C)OC(=O)NC(Cc1ccccc1)C(=O)C(F)(F)C(=O)NCc1ccccc1. The zero-order valence-corrected chi connectivity index (χ0v) is 17.7. The number of hydrogen-bond acceptors (Lipinski definition) is 4. The van der Waals surface area contributed by atoms with Gasteiger partial charge in [-0.1, -0.05) is 60.7 Å². The van der Waals surface area contributed by atoms with Gasteiger partial charge in [-0.05, 0) is 31.9 Å². The van der Waals surface area contributed by atoms with Crippen LogP contribution in [0.2, 0.25) is 0 Å². The van der Waals surface area contributed by atoms with Crippen LogP contribution in [0.4, 0.5) is 13.6 Å². The second-order valence-electron chi connectivity index (χ2n) is 8.00. The van der Waals surface area contributed by atoms with E-state index in [4.69, 9.17) is 4.74 Å². The summed E-state index contributed by atoms with van der Waals surface area (Å²) in [4.78, 5) is 36.9. The first-order chi connectivity index (χ1) is 14.5. The topological polar surface area (TPSA) is 84.5 Å². The van der Waals surface area contributed by atoms with E-state index in [1.165, 1.54) is 0 Å². The van der Waals surface area contributed by atoms with Crippen LogP contribution < -0.4 is 10.6 Å². The predicted molar refractivity (Wildman–Crippen MR) is 112 cm³/mol. The van der Waals surface area contributed by atoms with Gasteiger partial charge in [-0.25, -0.2) is 4.79 Å². The van der Waals surface area contributed by atoms with Crippen molar-refractivity contribution in [3.05, 3.63) is 71.8 Å². The van der Waals surface area contributed by atoms with Crippen LogP contribution in [0.5, 0.6) is 0 Å². The highest BCUT2D eigenvalue weighted by molar-refractivity contribution is 6.10. The summed E-state index contributed by atoms with van der Waals surface area (Å²) in [7, 11) is 0. The number of benzene rings is 2. The first-order valence-corrected chi connectivity index (χ1v) is 9.77. The zero-order valence-electron chi connectivity index (χ0n) is 17.7. The normalized spacial score (nSPS) is 12.5. The quantitative estimate of drug-likeness (QED) is 0.624. The monoisotopic (exact) mass is 432 g/mol. The van der Waals surface area contributed by atoms with Crippen molar-refractivity contribution in [3.63, 3.8) is 0 Å². The average Bonchev–Trinajstić information content (AvgIpc) is 2.71. The molecular weight excluding hydrogens is 406 g/mol. The minimum atomic E-state index is -4.34. The molecule has 1 unspecified atom stereocenters.